The quantitative estimate of drug-likeness (QED) is 0.918. The number of ether oxygens (including phenoxy) is 1. The number of methoxy groups -OCH3 is 1. The predicted octanol–water partition coefficient (Wildman–Crippen LogP) is 2.27. The molecule has 2 aromatic rings. The molecule has 0 spiro atoms. The molecule has 21 heavy (non-hydrogen) atoms. The van der Waals surface area contributed by atoms with Gasteiger partial charge in [-0.1, -0.05) is 17.7 Å². The zero-order valence-corrected chi connectivity index (χ0v) is 13.5. The minimum atomic E-state index is -0.00113. The second-order valence-electron chi connectivity index (χ2n) is 5.78. The van der Waals surface area contributed by atoms with E-state index in [2.05, 4.69) is 41.6 Å². The van der Waals surface area contributed by atoms with Gasteiger partial charge in [0, 0.05) is 16.1 Å². The van der Waals surface area contributed by atoms with Crippen LogP contribution in [-0.4, -0.2) is 32.9 Å². The molecule has 0 bridgehead atoms. The van der Waals surface area contributed by atoms with E-state index in [4.69, 9.17) is 16.3 Å². The molecule has 1 aromatic heterocycles. The molecule has 0 atom stereocenters. The predicted molar refractivity (Wildman–Crippen MR) is 81.5 cm³/mol. The number of nitrogens with one attached hydrogen (secondary N) is 1. The van der Waals surface area contributed by atoms with Gasteiger partial charge in [-0.05, 0) is 43.3 Å². The fourth-order valence-corrected chi connectivity index (χ4v) is 2.08. The Balaban J connectivity index is 2.20. The van der Waals surface area contributed by atoms with Crippen LogP contribution in [-0.2, 0) is 13.1 Å². The molecule has 1 aromatic carbocycles. The minimum absolute atomic E-state index is 0.00113. The monoisotopic (exact) mass is 309 g/mol. The molecule has 0 unspecified atom stereocenters. The Morgan fingerprint density at radius 2 is 2.10 bits per heavy atom. The maximum Gasteiger partial charge on any atom is 0.165 e. The van der Waals surface area contributed by atoms with Crippen molar-refractivity contribution in [3.8, 4) is 5.75 Å². The molecule has 0 fully saturated rings. The second kappa shape index (κ2) is 6.41. The van der Waals surface area contributed by atoms with Crippen molar-refractivity contribution in [1.82, 2.24) is 25.5 Å². The number of benzene rings is 1. The fourth-order valence-electron chi connectivity index (χ4n) is 1.85. The summed E-state index contributed by atoms with van der Waals surface area (Å²) in [4.78, 5) is 0. The van der Waals surface area contributed by atoms with Crippen molar-refractivity contribution in [3.05, 3.63) is 34.6 Å². The minimum Gasteiger partial charge on any atom is -0.496 e. The van der Waals surface area contributed by atoms with E-state index in [-0.39, 0.29) is 5.54 Å². The van der Waals surface area contributed by atoms with Crippen molar-refractivity contribution in [2.75, 3.05) is 7.11 Å². The lowest BCUT2D eigenvalue weighted by Crippen LogP contribution is -2.36. The van der Waals surface area contributed by atoms with Crippen LogP contribution in [0.2, 0.25) is 5.02 Å². The first kappa shape index (κ1) is 15.7. The largest absolute Gasteiger partial charge is 0.496 e. The van der Waals surface area contributed by atoms with E-state index < -0.39 is 0 Å². The maximum atomic E-state index is 6.25. The molecule has 6 nitrogen and oxygen atoms in total. The number of halogens is 1. The van der Waals surface area contributed by atoms with Crippen LogP contribution in [0.4, 0.5) is 0 Å². The van der Waals surface area contributed by atoms with E-state index >= 15 is 0 Å². The molecular formula is C14H20ClN5O. The van der Waals surface area contributed by atoms with Gasteiger partial charge in [-0.2, -0.15) is 0 Å². The van der Waals surface area contributed by atoms with E-state index in [0.717, 1.165) is 17.1 Å². The van der Waals surface area contributed by atoms with Crippen LogP contribution in [0.5, 0.6) is 5.75 Å². The molecule has 0 aliphatic carbocycles. The van der Waals surface area contributed by atoms with E-state index in [1.54, 1.807) is 11.8 Å². The first-order valence-corrected chi connectivity index (χ1v) is 7.10. The SMILES string of the molecule is COc1cccc(Cl)c1Cn1nnnc1CNC(C)(C)C. The van der Waals surface area contributed by atoms with Crippen LogP contribution in [0.15, 0.2) is 18.2 Å². The highest BCUT2D eigenvalue weighted by atomic mass is 35.5. The van der Waals surface area contributed by atoms with Crippen LogP contribution in [0.3, 0.4) is 0 Å². The number of nitrogens with zero attached hydrogens (tertiary/aromatic N) is 4. The highest BCUT2D eigenvalue weighted by Crippen LogP contribution is 2.27. The van der Waals surface area contributed by atoms with Crippen molar-refractivity contribution in [1.29, 1.82) is 0 Å². The van der Waals surface area contributed by atoms with Crippen LogP contribution < -0.4 is 10.1 Å². The second-order valence-corrected chi connectivity index (χ2v) is 6.18. The molecule has 2 rings (SSSR count). The van der Waals surface area contributed by atoms with Crippen molar-refractivity contribution < 1.29 is 4.74 Å². The van der Waals surface area contributed by atoms with Crippen LogP contribution in [0.25, 0.3) is 0 Å². The molecule has 7 heteroatoms. The molecule has 1 N–H and O–H groups in total. The summed E-state index contributed by atoms with van der Waals surface area (Å²) in [6.07, 6.45) is 0. The number of hydrogen-bond acceptors (Lipinski definition) is 5. The lowest BCUT2D eigenvalue weighted by atomic mass is 10.1. The lowest BCUT2D eigenvalue weighted by Gasteiger charge is -2.20. The average Bonchev–Trinajstić information content (AvgIpc) is 2.85. The molecular weight excluding hydrogens is 290 g/mol. The Bertz CT molecular complexity index is 606. The first-order valence-electron chi connectivity index (χ1n) is 6.72. The normalized spacial score (nSPS) is 11.7. The average molecular weight is 310 g/mol. The van der Waals surface area contributed by atoms with Gasteiger partial charge >= 0.3 is 0 Å². The van der Waals surface area contributed by atoms with E-state index in [9.17, 15) is 0 Å². The maximum absolute atomic E-state index is 6.25. The molecule has 1 heterocycles. The van der Waals surface area contributed by atoms with Crippen LogP contribution in [0.1, 0.15) is 32.2 Å². The molecule has 0 radical (unpaired) electrons. The van der Waals surface area contributed by atoms with Crippen LogP contribution >= 0.6 is 11.6 Å². The highest BCUT2D eigenvalue weighted by Gasteiger charge is 2.15. The molecule has 0 saturated carbocycles. The summed E-state index contributed by atoms with van der Waals surface area (Å²) in [7, 11) is 1.62. The van der Waals surface area contributed by atoms with Gasteiger partial charge < -0.3 is 10.1 Å². The fraction of sp³-hybridized carbons (Fsp3) is 0.500. The van der Waals surface area contributed by atoms with Crippen molar-refractivity contribution in [3.63, 3.8) is 0 Å². The zero-order chi connectivity index (χ0) is 15.5. The van der Waals surface area contributed by atoms with Gasteiger partial charge in [0.05, 0.1) is 20.2 Å². The third-order valence-electron chi connectivity index (χ3n) is 2.99. The van der Waals surface area contributed by atoms with Crippen LogP contribution in [0, 0.1) is 0 Å². The molecule has 0 aliphatic heterocycles. The smallest absolute Gasteiger partial charge is 0.165 e. The Labute approximate surface area is 129 Å². The molecule has 0 saturated heterocycles. The van der Waals surface area contributed by atoms with Gasteiger partial charge in [0.1, 0.15) is 5.75 Å². The Hall–Kier alpha value is -1.66. The lowest BCUT2D eigenvalue weighted by molar-refractivity contribution is 0.400. The number of aromatic nitrogens is 4. The standard InChI is InChI=1S/C14H20ClN5O/c1-14(2,3)16-8-13-17-18-19-20(13)9-10-11(15)6-5-7-12(10)21-4/h5-7,16H,8-9H2,1-4H3. The van der Waals surface area contributed by atoms with Gasteiger partial charge in [-0.25, -0.2) is 4.68 Å². The summed E-state index contributed by atoms with van der Waals surface area (Å²) < 4.78 is 7.07. The molecule has 0 aliphatic rings. The Kier molecular flexibility index (Phi) is 4.80. The van der Waals surface area contributed by atoms with Crippen molar-refractivity contribution in [2.45, 2.75) is 39.4 Å². The van der Waals surface area contributed by atoms with E-state index in [1.807, 2.05) is 18.2 Å². The van der Waals surface area contributed by atoms with Crippen molar-refractivity contribution in [2.24, 2.45) is 0 Å². The molecule has 114 valence electrons. The zero-order valence-electron chi connectivity index (χ0n) is 12.7. The Morgan fingerprint density at radius 3 is 2.76 bits per heavy atom. The summed E-state index contributed by atoms with van der Waals surface area (Å²) in [5, 5.41) is 15.8. The summed E-state index contributed by atoms with van der Waals surface area (Å²) in [6.45, 7) is 7.34. The summed E-state index contributed by atoms with van der Waals surface area (Å²) >= 11 is 6.25. The highest BCUT2D eigenvalue weighted by molar-refractivity contribution is 6.31. The number of tetrazole rings is 1. The number of hydrogen-bond donors (Lipinski definition) is 1. The van der Waals surface area contributed by atoms with E-state index in [1.165, 1.54) is 0 Å². The Morgan fingerprint density at radius 1 is 1.33 bits per heavy atom. The van der Waals surface area contributed by atoms with Gasteiger partial charge in [0.25, 0.3) is 0 Å². The molecule has 0 amide bonds. The summed E-state index contributed by atoms with van der Waals surface area (Å²) in [5.41, 5.74) is 0.866. The van der Waals surface area contributed by atoms with Crippen molar-refractivity contribution >= 4 is 11.6 Å². The first-order chi connectivity index (χ1) is 9.90. The van der Waals surface area contributed by atoms with E-state index in [0.29, 0.717) is 18.1 Å². The number of rotatable bonds is 5. The topological polar surface area (TPSA) is 64.9 Å². The third-order valence-corrected chi connectivity index (χ3v) is 3.34. The van der Waals surface area contributed by atoms with Gasteiger partial charge in [-0.15, -0.1) is 5.10 Å². The summed E-state index contributed by atoms with van der Waals surface area (Å²) in [6, 6.07) is 5.56. The summed E-state index contributed by atoms with van der Waals surface area (Å²) in [5.74, 6) is 1.49. The van der Waals surface area contributed by atoms with Gasteiger partial charge in [0.2, 0.25) is 0 Å². The van der Waals surface area contributed by atoms with Gasteiger partial charge in [-0.3, -0.25) is 0 Å². The third kappa shape index (κ3) is 4.15. The van der Waals surface area contributed by atoms with Gasteiger partial charge in [0.15, 0.2) is 5.82 Å².